The Bertz CT molecular complexity index is 947. The predicted octanol–water partition coefficient (Wildman–Crippen LogP) is 4.01. The SMILES string of the molecule is C#C[C@H](CCCCC)OC(=O)[C@H](Cc1ccccc1)NS(=O)(=O)c1ccc(C)cc1. The molecule has 0 aliphatic rings. The number of carbonyl (C=O) groups is 1. The van der Waals surface area contributed by atoms with Gasteiger partial charge in [-0.15, -0.1) is 6.42 Å². The molecule has 0 spiro atoms. The van der Waals surface area contributed by atoms with Crippen LogP contribution in [-0.2, 0) is 26.0 Å². The molecule has 0 saturated carbocycles. The molecule has 2 rings (SSSR count). The number of rotatable bonds is 11. The molecule has 1 N–H and O–H groups in total. The fourth-order valence-corrected chi connectivity index (χ4v) is 4.16. The van der Waals surface area contributed by atoms with E-state index in [1.54, 1.807) is 12.1 Å². The van der Waals surface area contributed by atoms with E-state index in [2.05, 4.69) is 17.6 Å². The minimum Gasteiger partial charge on any atom is -0.448 e. The van der Waals surface area contributed by atoms with Crippen molar-refractivity contribution in [1.29, 1.82) is 0 Å². The van der Waals surface area contributed by atoms with Gasteiger partial charge in [-0.3, -0.25) is 4.79 Å². The first-order valence-electron chi connectivity index (χ1n) is 10.1. The quantitative estimate of drug-likeness (QED) is 0.334. The Labute approximate surface area is 179 Å². The van der Waals surface area contributed by atoms with Gasteiger partial charge in [0.05, 0.1) is 4.90 Å². The summed E-state index contributed by atoms with van der Waals surface area (Å²) in [6.45, 7) is 3.95. The third-order valence-electron chi connectivity index (χ3n) is 4.71. The Morgan fingerprint density at radius 1 is 1.10 bits per heavy atom. The largest absolute Gasteiger partial charge is 0.448 e. The number of ether oxygens (including phenoxy) is 1. The van der Waals surface area contributed by atoms with Gasteiger partial charge in [0.25, 0.3) is 0 Å². The fraction of sp³-hybridized carbons (Fsp3) is 0.375. The van der Waals surface area contributed by atoms with Crippen LogP contribution in [0, 0.1) is 19.3 Å². The van der Waals surface area contributed by atoms with E-state index in [-0.39, 0.29) is 11.3 Å². The summed E-state index contributed by atoms with van der Waals surface area (Å²) in [7, 11) is -3.91. The maximum atomic E-state index is 12.9. The Morgan fingerprint density at radius 2 is 1.77 bits per heavy atom. The molecular formula is C24H29NO4S. The van der Waals surface area contributed by atoms with Crippen LogP contribution in [0.15, 0.2) is 59.5 Å². The zero-order valence-electron chi connectivity index (χ0n) is 17.5. The molecule has 0 aliphatic carbocycles. The van der Waals surface area contributed by atoms with Crippen molar-refractivity contribution < 1.29 is 17.9 Å². The minimum atomic E-state index is -3.91. The molecule has 0 amide bonds. The summed E-state index contributed by atoms with van der Waals surface area (Å²) < 4.78 is 33.7. The lowest BCUT2D eigenvalue weighted by molar-refractivity contribution is -0.148. The number of hydrogen-bond donors (Lipinski definition) is 1. The van der Waals surface area contributed by atoms with Gasteiger partial charge >= 0.3 is 5.97 Å². The summed E-state index contributed by atoms with van der Waals surface area (Å²) in [5, 5.41) is 0. The van der Waals surface area contributed by atoms with Gasteiger partial charge in [0, 0.05) is 0 Å². The second-order valence-electron chi connectivity index (χ2n) is 7.26. The number of hydrogen-bond acceptors (Lipinski definition) is 4. The number of esters is 1. The average molecular weight is 428 g/mol. The number of nitrogens with one attached hydrogen (secondary N) is 1. The Balaban J connectivity index is 2.20. The van der Waals surface area contributed by atoms with Crippen LogP contribution in [0.5, 0.6) is 0 Å². The van der Waals surface area contributed by atoms with Gasteiger partial charge in [-0.2, -0.15) is 4.72 Å². The molecule has 6 heteroatoms. The van der Waals surface area contributed by atoms with Gasteiger partial charge in [0.2, 0.25) is 10.0 Å². The number of aryl methyl sites for hydroxylation is 1. The van der Waals surface area contributed by atoms with Crippen LogP contribution in [0.2, 0.25) is 0 Å². The second kappa shape index (κ2) is 11.5. The number of terminal acetylenes is 1. The third-order valence-corrected chi connectivity index (χ3v) is 6.20. The van der Waals surface area contributed by atoms with E-state index in [1.807, 2.05) is 37.3 Å². The molecule has 0 radical (unpaired) electrons. The van der Waals surface area contributed by atoms with Crippen molar-refractivity contribution in [2.75, 3.05) is 0 Å². The average Bonchev–Trinajstić information content (AvgIpc) is 2.73. The van der Waals surface area contributed by atoms with E-state index < -0.39 is 28.1 Å². The smallest absolute Gasteiger partial charge is 0.325 e. The van der Waals surface area contributed by atoms with Crippen LogP contribution in [0.25, 0.3) is 0 Å². The van der Waals surface area contributed by atoms with Gasteiger partial charge in [0.1, 0.15) is 6.04 Å². The maximum absolute atomic E-state index is 12.9. The molecule has 2 aromatic carbocycles. The van der Waals surface area contributed by atoms with E-state index in [9.17, 15) is 13.2 Å². The van der Waals surface area contributed by atoms with E-state index in [1.165, 1.54) is 12.1 Å². The fourth-order valence-electron chi connectivity index (χ4n) is 2.97. The molecule has 2 aromatic rings. The van der Waals surface area contributed by atoms with Gasteiger partial charge in [-0.25, -0.2) is 8.42 Å². The highest BCUT2D eigenvalue weighted by Crippen LogP contribution is 2.14. The Morgan fingerprint density at radius 3 is 2.37 bits per heavy atom. The number of sulfonamides is 1. The van der Waals surface area contributed by atoms with E-state index in [4.69, 9.17) is 11.2 Å². The minimum absolute atomic E-state index is 0.0930. The molecular weight excluding hydrogens is 398 g/mol. The van der Waals surface area contributed by atoms with Crippen molar-refractivity contribution in [2.45, 2.75) is 63.0 Å². The van der Waals surface area contributed by atoms with Crippen molar-refractivity contribution in [1.82, 2.24) is 4.72 Å². The van der Waals surface area contributed by atoms with Crippen molar-refractivity contribution in [3.05, 3.63) is 65.7 Å². The highest BCUT2D eigenvalue weighted by atomic mass is 32.2. The van der Waals surface area contributed by atoms with Gasteiger partial charge in [-0.1, -0.05) is 73.7 Å². The summed E-state index contributed by atoms with van der Waals surface area (Å²) in [5.41, 5.74) is 1.76. The molecule has 30 heavy (non-hydrogen) atoms. The molecule has 0 aliphatic heterocycles. The zero-order valence-corrected chi connectivity index (χ0v) is 18.3. The van der Waals surface area contributed by atoms with Gasteiger partial charge in [0.15, 0.2) is 6.10 Å². The van der Waals surface area contributed by atoms with Crippen LogP contribution in [0.4, 0.5) is 0 Å². The van der Waals surface area contributed by atoms with Crippen molar-refractivity contribution in [3.63, 3.8) is 0 Å². The molecule has 0 unspecified atom stereocenters. The number of carbonyl (C=O) groups excluding carboxylic acids is 1. The lowest BCUT2D eigenvalue weighted by Crippen LogP contribution is -2.44. The Hall–Kier alpha value is -2.62. The Kier molecular flexibility index (Phi) is 9.10. The summed E-state index contributed by atoms with van der Waals surface area (Å²) in [4.78, 5) is 13.0. The number of unbranched alkanes of at least 4 members (excludes halogenated alkanes) is 2. The summed E-state index contributed by atoms with van der Waals surface area (Å²) >= 11 is 0. The third kappa shape index (κ3) is 7.33. The van der Waals surface area contributed by atoms with Gasteiger partial charge < -0.3 is 4.74 Å². The van der Waals surface area contributed by atoms with Crippen molar-refractivity contribution >= 4 is 16.0 Å². The first kappa shape index (κ1) is 23.7. The molecule has 0 heterocycles. The highest BCUT2D eigenvalue weighted by molar-refractivity contribution is 7.89. The predicted molar refractivity (Wildman–Crippen MR) is 118 cm³/mol. The molecule has 0 bridgehead atoms. The molecule has 160 valence electrons. The van der Waals surface area contributed by atoms with Crippen molar-refractivity contribution in [3.8, 4) is 12.3 Å². The van der Waals surface area contributed by atoms with Gasteiger partial charge in [-0.05, 0) is 43.9 Å². The first-order valence-corrected chi connectivity index (χ1v) is 11.6. The molecule has 5 nitrogen and oxygen atoms in total. The monoisotopic (exact) mass is 427 g/mol. The zero-order chi connectivity index (χ0) is 22.0. The lowest BCUT2D eigenvalue weighted by Gasteiger charge is -2.20. The first-order chi connectivity index (χ1) is 14.4. The molecule has 2 atom stereocenters. The molecule has 0 aromatic heterocycles. The van der Waals surface area contributed by atoms with E-state index in [0.717, 1.165) is 30.4 Å². The number of benzene rings is 2. The molecule has 0 saturated heterocycles. The van der Waals surface area contributed by atoms with Crippen LogP contribution >= 0.6 is 0 Å². The van der Waals surface area contributed by atoms with Crippen molar-refractivity contribution in [2.24, 2.45) is 0 Å². The van der Waals surface area contributed by atoms with Crippen LogP contribution in [-0.4, -0.2) is 26.5 Å². The lowest BCUT2D eigenvalue weighted by atomic mass is 10.1. The normalized spacial score (nSPS) is 13.2. The maximum Gasteiger partial charge on any atom is 0.325 e. The summed E-state index contributed by atoms with van der Waals surface area (Å²) in [5.74, 6) is 1.82. The highest BCUT2D eigenvalue weighted by Gasteiger charge is 2.28. The van der Waals surface area contributed by atoms with E-state index >= 15 is 0 Å². The van der Waals surface area contributed by atoms with Crippen LogP contribution < -0.4 is 4.72 Å². The van der Waals surface area contributed by atoms with E-state index in [0.29, 0.717) is 6.42 Å². The molecule has 0 fully saturated rings. The topological polar surface area (TPSA) is 72.5 Å². The summed E-state index contributed by atoms with van der Waals surface area (Å²) in [6.07, 6.45) is 8.43. The summed E-state index contributed by atoms with van der Waals surface area (Å²) in [6, 6.07) is 14.6. The standard InChI is InChI=1S/C24H29NO4S/c1-4-6-8-13-21(5-2)29-24(26)23(18-20-11-9-7-10-12-20)25-30(27,28)22-16-14-19(3)15-17-22/h2,7,9-12,14-17,21,23,25H,4,6,8,13,18H2,1,3H3/t21-,23+/m1/s1. The second-order valence-corrected chi connectivity index (χ2v) is 8.98. The van der Waals surface area contributed by atoms with Crippen LogP contribution in [0.1, 0.15) is 43.7 Å². The van der Waals surface area contributed by atoms with Crippen LogP contribution in [0.3, 0.4) is 0 Å².